The molecule has 3 aliphatic rings. The maximum Gasteiger partial charge on any atom is 0.245 e. The summed E-state index contributed by atoms with van der Waals surface area (Å²) in [6, 6.07) is -0.411. The number of carbonyl (C=O) groups excluding carboxylic acids is 3. The number of rotatable bonds is 4. The minimum atomic E-state index is -0.411. The molecule has 3 fully saturated rings. The van der Waals surface area contributed by atoms with Gasteiger partial charge in [-0.25, -0.2) is 0 Å². The average Bonchev–Trinajstić information content (AvgIpc) is 3.28. The zero-order valence-corrected chi connectivity index (χ0v) is 13.3. The van der Waals surface area contributed by atoms with Crippen LogP contribution in [0.2, 0.25) is 0 Å². The second-order valence-electron chi connectivity index (χ2n) is 6.98. The van der Waals surface area contributed by atoms with Gasteiger partial charge in [0.2, 0.25) is 18.2 Å². The molecular weight excluding hydrogens is 282 g/mol. The largest absolute Gasteiger partial charge is 0.343 e. The van der Waals surface area contributed by atoms with Crippen LogP contribution in [0.25, 0.3) is 0 Å². The average molecular weight is 307 g/mol. The smallest absolute Gasteiger partial charge is 0.245 e. The Morgan fingerprint density at radius 2 is 1.86 bits per heavy atom. The van der Waals surface area contributed by atoms with Gasteiger partial charge in [0.1, 0.15) is 6.04 Å². The lowest BCUT2D eigenvalue weighted by Crippen LogP contribution is -2.55. The zero-order valence-electron chi connectivity index (χ0n) is 13.3. The van der Waals surface area contributed by atoms with Gasteiger partial charge in [-0.3, -0.25) is 14.4 Å². The van der Waals surface area contributed by atoms with Crippen LogP contribution in [0.4, 0.5) is 0 Å². The van der Waals surface area contributed by atoms with Crippen LogP contribution in [-0.2, 0) is 14.4 Å². The predicted molar refractivity (Wildman–Crippen MR) is 80.9 cm³/mol. The molecular formula is C16H25N3O3. The Morgan fingerprint density at radius 3 is 2.45 bits per heavy atom. The highest BCUT2D eigenvalue weighted by molar-refractivity contribution is 5.85. The molecule has 122 valence electrons. The molecule has 2 saturated heterocycles. The first-order valence-electron chi connectivity index (χ1n) is 8.32. The SMILES string of the molecule is CC1C(=O)N(CCC(=O)N2CCC3(CC2)CC3)CCN1C=O. The zero-order chi connectivity index (χ0) is 15.7. The number of likely N-dealkylation sites (tertiary alicyclic amines) is 1. The van der Waals surface area contributed by atoms with Crippen molar-refractivity contribution in [2.24, 2.45) is 5.41 Å². The summed E-state index contributed by atoms with van der Waals surface area (Å²) in [4.78, 5) is 40.5. The molecule has 0 N–H and O–H groups in total. The van der Waals surface area contributed by atoms with Gasteiger partial charge in [-0.2, -0.15) is 0 Å². The molecule has 0 aromatic carbocycles. The normalized spacial score (nSPS) is 27.2. The van der Waals surface area contributed by atoms with Gasteiger partial charge in [-0.1, -0.05) is 0 Å². The van der Waals surface area contributed by atoms with Crippen LogP contribution in [-0.4, -0.2) is 71.7 Å². The van der Waals surface area contributed by atoms with Crippen molar-refractivity contribution in [1.29, 1.82) is 0 Å². The summed E-state index contributed by atoms with van der Waals surface area (Å²) in [5.41, 5.74) is 0.577. The Labute approximate surface area is 131 Å². The van der Waals surface area contributed by atoms with Crippen LogP contribution < -0.4 is 0 Å². The molecule has 6 nitrogen and oxygen atoms in total. The van der Waals surface area contributed by atoms with Crippen molar-refractivity contribution in [1.82, 2.24) is 14.7 Å². The summed E-state index contributed by atoms with van der Waals surface area (Å²) in [7, 11) is 0. The number of amides is 3. The van der Waals surface area contributed by atoms with E-state index >= 15 is 0 Å². The second-order valence-corrected chi connectivity index (χ2v) is 6.98. The van der Waals surface area contributed by atoms with Gasteiger partial charge in [-0.05, 0) is 38.0 Å². The van der Waals surface area contributed by atoms with Crippen molar-refractivity contribution < 1.29 is 14.4 Å². The maximum atomic E-state index is 12.3. The third kappa shape index (κ3) is 2.96. The van der Waals surface area contributed by atoms with E-state index in [0.717, 1.165) is 32.3 Å². The van der Waals surface area contributed by atoms with E-state index in [9.17, 15) is 14.4 Å². The molecule has 2 aliphatic heterocycles. The molecule has 1 spiro atoms. The molecule has 22 heavy (non-hydrogen) atoms. The number of nitrogens with zero attached hydrogens (tertiary/aromatic N) is 3. The van der Waals surface area contributed by atoms with Gasteiger partial charge in [0, 0.05) is 39.1 Å². The van der Waals surface area contributed by atoms with E-state index < -0.39 is 6.04 Å². The van der Waals surface area contributed by atoms with Gasteiger partial charge in [0.05, 0.1) is 0 Å². The molecule has 1 atom stereocenters. The highest BCUT2D eigenvalue weighted by atomic mass is 16.2. The molecule has 6 heteroatoms. The van der Waals surface area contributed by atoms with Crippen LogP contribution >= 0.6 is 0 Å². The van der Waals surface area contributed by atoms with Crippen molar-refractivity contribution in [3.05, 3.63) is 0 Å². The van der Waals surface area contributed by atoms with E-state index in [1.165, 1.54) is 17.7 Å². The van der Waals surface area contributed by atoms with Crippen molar-refractivity contribution in [3.8, 4) is 0 Å². The van der Waals surface area contributed by atoms with E-state index in [0.29, 0.717) is 31.5 Å². The number of carbonyl (C=O) groups is 3. The summed E-state index contributed by atoms with van der Waals surface area (Å²) in [5.74, 6) is 0.107. The molecule has 0 bridgehead atoms. The third-order valence-corrected chi connectivity index (χ3v) is 5.66. The monoisotopic (exact) mass is 307 g/mol. The first-order chi connectivity index (χ1) is 10.5. The predicted octanol–water partition coefficient (Wildman–Crippen LogP) is 0.468. The highest BCUT2D eigenvalue weighted by Crippen LogP contribution is 2.53. The molecule has 0 radical (unpaired) electrons. The fourth-order valence-electron chi connectivity index (χ4n) is 3.61. The highest BCUT2D eigenvalue weighted by Gasteiger charge is 2.45. The fraction of sp³-hybridized carbons (Fsp3) is 0.812. The van der Waals surface area contributed by atoms with Crippen LogP contribution in [0.15, 0.2) is 0 Å². The minimum absolute atomic E-state index is 0.0540. The summed E-state index contributed by atoms with van der Waals surface area (Å²) in [6.07, 6.45) is 6.09. The lowest BCUT2D eigenvalue weighted by Gasteiger charge is -2.37. The molecule has 3 rings (SSSR count). The topological polar surface area (TPSA) is 60.9 Å². The van der Waals surface area contributed by atoms with Crippen LogP contribution in [0, 0.1) is 5.41 Å². The number of hydrogen-bond donors (Lipinski definition) is 0. The molecule has 1 saturated carbocycles. The Kier molecular flexibility index (Phi) is 4.10. The number of piperazine rings is 1. The molecule has 0 aromatic rings. The number of piperidine rings is 1. The van der Waals surface area contributed by atoms with Gasteiger partial charge in [0.25, 0.3) is 0 Å². The Morgan fingerprint density at radius 1 is 1.18 bits per heavy atom. The molecule has 1 aliphatic carbocycles. The minimum Gasteiger partial charge on any atom is -0.343 e. The summed E-state index contributed by atoms with van der Waals surface area (Å²) >= 11 is 0. The molecule has 3 amide bonds. The first kappa shape index (κ1) is 15.3. The van der Waals surface area contributed by atoms with Crippen LogP contribution in [0.1, 0.15) is 39.0 Å². The lowest BCUT2D eigenvalue weighted by molar-refractivity contribution is -0.146. The van der Waals surface area contributed by atoms with E-state index in [4.69, 9.17) is 0 Å². The Hall–Kier alpha value is -1.59. The fourth-order valence-corrected chi connectivity index (χ4v) is 3.61. The van der Waals surface area contributed by atoms with Gasteiger partial charge < -0.3 is 14.7 Å². The van der Waals surface area contributed by atoms with E-state index in [2.05, 4.69) is 0 Å². The van der Waals surface area contributed by atoms with Gasteiger partial charge in [0.15, 0.2) is 0 Å². The van der Waals surface area contributed by atoms with Gasteiger partial charge >= 0.3 is 0 Å². The Bertz CT molecular complexity index is 465. The van der Waals surface area contributed by atoms with Crippen molar-refractivity contribution in [3.63, 3.8) is 0 Å². The van der Waals surface area contributed by atoms with Crippen molar-refractivity contribution in [2.45, 2.75) is 45.1 Å². The van der Waals surface area contributed by atoms with Crippen molar-refractivity contribution >= 4 is 18.2 Å². The summed E-state index contributed by atoms with van der Waals surface area (Å²) in [6.45, 7) is 5.04. The van der Waals surface area contributed by atoms with Crippen molar-refractivity contribution in [2.75, 3.05) is 32.7 Å². The molecule has 0 aromatic heterocycles. The molecule has 2 heterocycles. The van der Waals surface area contributed by atoms with E-state index in [1.807, 2.05) is 4.90 Å². The van der Waals surface area contributed by atoms with E-state index in [-0.39, 0.29) is 11.8 Å². The quantitative estimate of drug-likeness (QED) is 0.709. The summed E-state index contributed by atoms with van der Waals surface area (Å²) in [5, 5.41) is 0. The standard InChI is InChI=1S/C16H25N3O3/c1-13-15(22)18(10-11-19(13)12-20)7-2-14(21)17-8-5-16(3-4-16)6-9-17/h12-13H,2-11H2,1H3. The summed E-state index contributed by atoms with van der Waals surface area (Å²) < 4.78 is 0. The van der Waals surface area contributed by atoms with Crippen LogP contribution in [0.3, 0.4) is 0 Å². The first-order valence-corrected chi connectivity index (χ1v) is 8.32. The van der Waals surface area contributed by atoms with Gasteiger partial charge in [-0.15, -0.1) is 0 Å². The second kappa shape index (κ2) is 5.89. The van der Waals surface area contributed by atoms with Crippen LogP contribution in [0.5, 0.6) is 0 Å². The van der Waals surface area contributed by atoms with E-state index in [1.54, 1.807) is 11.8 Å². The third-order valence-electron chi connectivity index (χ3n) is 5.66. The Balaban J connectivity index is 1.45. The lowest BCUT2D eigenvalue weighted by atomic mass is 9.93. The maximum absolute atomic E-state index is 12.3. The number of hydrogen-bond acceptors (Lipinski definition) is 3. The molecule has 1 unspecified atom stereocenters.